The van der Waals surface area contributed by atoms with Gasteiger partial charge in [-0.1, -0.05) is 5.21 Å². The molecule has 0 fully saturated rings. The molecular weight excluding hydrogens is 279 g/mol. The van der Waals surface area contributed by atoms with Crippen molar-refractivity contribution in [2.75, 3.05) is 0 Å². The summed E-state index contributed by atoms with van der Waals surface area (Å²) < 4.78 is 14.7. The van der Waals surface area contributed by atoms with Crippen LogP contribution in [-0.2, 0) is 13.2 Å². The number of aliphatic hydroxyl groups excluding tert-OH is 1. The van der Waals surface area contributed by atoms with E-state index < -0.39 is 5.95 Å². The molecule has 84 valence electrons. The lowest BCUT2D eigenvalue weighted by Crippen LogP contribution is -2.02. The smallest absolute Gasteiger partial charge is 0.213 e. The van der Waals surface area contributed by atoms with E-state index in [0.717, 1.165) is 5.56 Å². The Morgan fingerprint density at radius 3 is 2.88 bits per heavy atom. The molecule has 7 heteroatoms. The van der Waals surface area contributed by atoms with E-state index in [1.165, 1.54) is 6.07 Å². The van der Waals surface area contributed by atoms with E-state index in [0.29, 0.717) is 16.8 Å². The lowest BCUT2D eigenvalue weighted by molar-refractivity contribution is 0.276. The fraction of sp³-hybridized carbons (Fsp3) is 0.222. The van der Waals surface area contributed by atoms with Gasteiger partial charge in [-0.2, -0.15) is 4.39 Å². The van der Waals surface area contributed by atoms with E-state index >= 15 is 0 Å². The van der Waals surface area contributed by atoms with Crippen LogP contribution in [0.25, 0.3) is 0 Å². The third-order valence-electron chi connectivity index (χ3n) is 1.97. The fourth-order valence-corrected chi connectivity index (χ4v) is 1.65. The Morgan fingerprint density at radius 2 is 2.25 bits per heavy atom. The minimum atomic E-state index is -0.537. The maximum absolute atomic E-state index is 12.7. The van der Waals surface area contributed by atoms with Crippen LogP contribution in [0.1, 0.15) is 11.3 Å². The highest BCUT2D eigenvalue weighted by molar-refractivity contribution is 9.10. The molecule has 0 aliphatic heterocycles. The molecule has 0 saturated carbocycles. The average Bonchev–Trinajstić information content (AvgIpc) is 2.70. The van der Waals surface area contributed by atoms with Crippen molar-refractivity contribution in [2.24, 2.45) is 0 Å². The van der Waals surface area contributed by atoms with Gasteiger partial charge in [0.05, 0.1) is 19.3 Å². The number of hydrogen-bond donors (Lipinski definition) is 1. The summed E-state index contributed by atoms with van der Waals surface area (Å²) >= 11 is 3.17. The Bertz CT molecular complexity index is 502. The second-order valence-corrected chi connectivity index (χ2v) is 3.90. The van der Waals surface area contributed by atoms with Crippen molar-refractivity contribution >= 4 is 15.9 Å². The predicted octanol–water partition coefficient (Wildman–Crippen LogP) is 1.12. The first-order chi connectivity index (χ1) is 7.69. The molecular formula is C9H8BrFN4O. The van der Waals surface area contributed by atoms with E-state index in [4.69, 9.17) is 5.11 Å². The summed E-state index contributed by atoms with van der Waals surface area (Å²) in [6.07, 6.45) is 1.62. The fourth-order valence-electron chi connectivity index (χ4n) is 1.22. The van der Waals surface area contributed by atoms with Gasteiger partial charge in [0.15, 0.2) is 0 Å². The summed E-state index contributed by atoms with van der Waals surface area (Å²) in [6.45, 7) is 0.268. The molecule has 2 heterocycles. The number of aromatic nitrogens is 4. The van der Waals surface area contributed by atoms with Crippen molar-refractivity contribution in [2.45, 2.75) is 13.2 Å². The van der Waals surface area contributed by atoms with E-state index in [9.17, 15) is 4.39 Å². The Hall–Kier alpha value is -1.34. The minimum absolute atomic E-state index is 0.150. The molecule has 0 atom stereocenters. The van der Waals surface area contributed by atoms with Crippen LogP contribution in [0.5, 0.6) is 0 Å². The van der Waals surface area contributed by atoms with Crippen molar-refractivity contribution in [3.8, 4) is 0 Å². The maximum atomic E-state index is 12.7. The number of aliphatic hydroxyl groups is 1. The van der Waals surface area contributed by atoms with Crippen molar-refractivity contribution in [1.82, 2.24) is 20.0 Å². The molecule has 0 spiro atoms. The number of hydrogen-bond acceptors (Lipinski definition) is 4. The van der Waals surface area contributed by atoms with Crippen LogP contribution in [0.4, 0.5) is 4.39 Å². The highest BCUT2D eigenvalue weighted by Crippen LogP contribution is 2.15. The summed E-state index contributed by atoms with van der Waals surface area (Å²) in [4.78, 5) is 3.64. The largest absolute Gasteiger partial charge is 0.390 e. The Kier molecular flexibility index (Phi) is 3.25. The summed E-state index contributed by atoms with van der Waals surface area (Å²) in [5.41, 5.74) is 1.28. The van der Waals surface area contributed by atoms with Crippen molar-refractivity contribution in [1.29, 1.82) is 0 Å². The second kappa shape index (κ2) is 4.67. The first-order valence-corrected chi connectivity index (χ1v) is 5.29. The van der Waals surface area contributed by atoms with Crippen LogP contribution < -0.4 is 0 Å². The van der Waals surface area contributed by atoms with Crippen LogP contribution >= 0.6 is 15.9 Å². The van der Waals surface area contributed by atoms with Crippen LogP contribution in [0.3, 0.4) is 0 Å². The molecule has 2 aromatic heterocycles. The standard InChI is InChI=1S/C9H8BrFN4O/c10-9-6(1-2-8(11)12-9)3-15-4-7(5-16)13-14-15/h1-2,4,16H,3,5H2. The summed E-state index contributed by atoms with van der Waals surface area (Å²) in [5.74, 6) is -0.537. The predicted molar refractivity (Wildman–Crippen MR) is 56.9 cm³/mol. The monoisotopic (exact) mass is 286 g/mol. The molecule has 16 heavy (non-hydrogen) atoms. The second-order valence-electron chi connectivity index (χ2n) is 3.15. The van der Waals surface area contributed by atoms with E-state index in [-0.39, 0.29) is 6.61 Å². The van der Waals surface area contributed by atoms with Gasteiger partial charge in [0, 0.05) is 5.56 Å². The summed E-state index contributed by atoms with van der Waals surface area (Å²) in [6, 6.07) is 2.90. The minimum Gasteiger partial charge on any atom is -0.390 e. The topological polar surface area (TPSA) is 63.8 Å². The van der Waals surface area contributed by atoms with Crippen LogP contribution in [-0.4, -0.2) is 25.1 Å². The first-order valence-electron chi connectivity index (χ1n) is 4.50. The molecule has 0 aliphatic rings. The van der Waals surface area contributed by atoms with E-state index in [1.54, 1.807) is 16.9 Å². The molecule has 0 amide bonds. The van der Waals surface area contributed by atoms with Gasteiger partial charge < -0.3 is 5.11 Å². The molecule has 0 bridgehead atoms. The van der Waals surface area contributed by atoms with Gasteiger partial charge in [0.1, 0.15) is 10.3 Å². The Morgan fingerprint density at radius 1 is 1.44 bits per heavy atom. The Balaban J connectivity index is 2.20. The van der Waals surface area contributed by atoms with Gasteiger partial charge in [-0.15, -0.1) is 5.10 Å². The van der Waals surface area contributed by atoms with Crippen molar-refractivity contribution < 1.29 is 9.50 Å². The zero-order chi connectivity index (χ0) is 11.5. The molecule has 0 unspecified atom stereocenters. The Labute approximate surface area is 99.1 Å². The third kappa shape index (κ3) is 2.42. The zero-order valence-corrected chi connectivity index (χ0v) is 9.72. The molecule has 2 aromatic rings. The number of halogens is 2. The molecule has 0 radical (unpaired) electrons. The van der Waals surface area contributed by atoms with Gasteiger partial charge in [-0.05, 0) is 28.1 Å². The van der Waals surface area contributed by atoms with Gasteiger partial charge in [0.25, 0.3) is 0 Å². The van der Waals surface area contributed by atoms with E-state index in [1.807, 2.05) is 0 Å². The van der Waals surface area contributed by atoms with Crippen LogP contribution in [0.15, 0.2) is 22.9 Å². The molecule has 0 saturated heterocycles. The molecule has 0 aliphatic carbocycles. The van der Waals surface area contributed by atoms with Crippen LogP contribution in [0, 0.1) is 5.95 Å². The van der Waals surface area contributed by atoms with Crippen molar-refractivity contribution in [3.05, 3.63) is 40.1 Å². The normalized spacial score (nSPS) is 10.7. The lowest BCUT2D eigenvalue weighted by atomic mass is 10.3. The number of rotatable bonds is 3. The van der Waals surface area contributed by atoms with Gasteiger partial charge in [-0.3, -0.25) is 0 Å². The molecule has 0 aromatic carbocycles. The van der Waals surface area contributed by atoms with Crippen LogP contribution in [0.2, 0.25) is 0 Å². The zero-order valence-electron chi connectivity index (χ0n) is 8.14. The molecule has 2 rings (SSSR count). The molecule has 5 nitrogen and oxygen atoms in total. The lowest BCUT2D eigenvalue weighted by Gasteiger charge is -2.02. The molecule has 1 N–H and O–H groups in total. The highest BCUT2D eigenvalue weighted by atomic mass is 79.9. The average molecular weight is 287 g/mol. The summed E-state index contributed by atoms with van der Waals surface area (Å²) in [5, 5.41) is 16.4. The number of pyridine rings is 1. The number of nitrogens with zero attached hydrogens (tertiary/aromatic N) is 4. The van der Waals surface area contributed by atoms with Gasteiger partial charge in [-0.25, -0.2) is 9.67 Å². The van der Waals surface area contributed by atoms with Crippen molar-refractivity contribution in [3.63, 3.8) is 0 Å². The van der Waals surface area contributed by atoms with E-state index in [2.05, 4.69) is 31.2 Å². The van der Waals surface area contributed by atoms with Gasteiger partial charge >= 0.3 is 0 Å². The quantitative estimate of drug-likeness (QED) is 0.859. The first kappa shape index (κ1) is 11.2. The third-order valence-corrected chi connectivity index (χ3v) is 2.66. The highest BCUT2D eigenvalue weighted by Gasteiger charge is 2.05. The summed E-state index contributed by atoms with van der Waals surface area (Å²) in [7, 11) is 0. The SMILES string of the molecule is OCc1cn(Cc2ccc(F)nc2Br)nn1. The maximum Gasteiger partial charge on any atom is 0.213 e. The van der Waals surface area contributed by atoms with Gasteiger partial charge in [0.2, 0.25) is 5.95 Å².